The van der Waals surface area contributed by atoms with Gasteiger partial charge in [0.15, 0.2) is 0 Å². The van der Waals surface area contributed by atoms with Crippen molar-refractivity contribution < 1.29 is 9.59 Å². The van der Waals surface area contributed by atoms with Gasteiger partial charge in [-0.2, -0.15) is 0 Å². The lowest BCUT2D eigenvalue weighted by Crippen LogP contribution is -1.94. The van der Waals surface area contributed by atoms with E-state index in [1.165, 1.54) is 0 Å². The van der Waals surface area contributed by atoms with E-state index in [4.69, 9.17) is 0 Å². The predicted octanol–water partition coefficient (Wildman–Crippen LogP) is 0.939. The molecule has 0 saturated carbocycles. The van der Waals surface area contributed by atoms with Crippen LogP contribution < -0.4 is 0 Å². The van der Waals surface area contributed by atoms with Crippen LogP contribution in [-0.2, 0) is 9.59 Å². The molecule has 0 aliphatic rings. The molecule has 0 aromatic rings. The lowest BCUT2D eigenvalue weighted by Gasteiger charge is -1.67. The van der Waals surface area contributed by atoms with Crippen LogP contribution in [0.25, 0.3) is 0 Å². The van der Waals surface area contributed by atoms with Crippen molar-refractivity contribution in [2.24, 2.45) is 0 Å². The SMILES string of the molecule is Cl.O=C(Cl)C(=O)Cl. The van der Waals surface area contributed by atoms with E-state index >= 15 is 0 Å². The Morgan fingerprint density at radius 3 is 1.14 bits per heavy atom. The lowest BCUT2D eigenvalue weighted by atomic mass is 10.9. The van der Waals surface area contributed by atoms with Gasteiger partial charge in [0.2, 0.25) is 0 Å². The molecule has 0 bridgehead atoms. The second-order valence-corrected chi connectivity index (χ2v) is 1.23. The molecule has 42 valence electrons. The maximum absolute atomic E-state index is 9.43. The molecule has 7 heavy (non-hydrogen) atoms. The zero-order chi connectivity index (χ0) is 5.15. The Bertz CT molecular complexity index is 76.9. The second kappa shape index (κ2) is 4.37. The molecular formula is C2HCl3O2. The number of rotatable bonds is 1. The molecule has 0 heterocycles. The summed E-state index contributed by atoms with van der Waals surface area (Å²) in [7, 11) is 0. The van der Waals surface area contributed by atoms with E-state index in [-0.39, 0.29) is 12.4 Å². The van der Waals surface area contributed by atoms with Crippen molar-refractivity contribution in [2.75, 3.05) is 0 Å². The quantitative estimate of drug-likeness (QED) is 0.426. The monoisotopic (exact) mass is 162 g/mol. The fraction of sp³-hybridized carbons (Fsp3) is 0. The Kier molecular flexibility index (Phi) is 6.40. The average molecular weight is 163 g/mol. The van der Waals surface area contributed by atoms with Gasteiger partial charge in [0, 0.05) is 0 Å². The maximum Gasteiger partial charge on any atom is 0.304 e. The summed E-state index contributed by atoms with van der Waals surface area (Å²) in [6, 6.07) is 0. The molecule has 0 fully saturated rings. The molecule has 0 spiro atoms. The van der Waals surface area contributed by atoms with E-state index in [1.807, 2.05) is 0 Å². The standard InChI is InChI=1S/C2Cl2O2.ClH/c3-1(5)2(4)6;/h;1H. The highest BCUT2D eigenvalue weighted by atomic mass is 35.5. The summed E-state index contributed by atoms with van der Waals surface area (Å²) in [5.74, 6) is 0. The van der Waals surface area contributed by atoms with E-state index in [2.05, 4.69) is 23.2 Å². The predicted molar refractivity (Wildman–Crippen MR) is 29.0 cm³/mol. The highest BCUT2D eigenvalue weighted by molar-refractivity contribution is 6.97. The van der Waals surface area contributed by atoms with Gasteiger partial charge in [-0.15, -0.1) is 12.4 Å². The summed E-state index contributed by atoms with van der Waals surface area (Å²) in [6.45, 7) is 0. The van der Waals surface area contributed by atoms with Crippen LogP contribution in [0.1, 0.15) is 0 Å². The third kappa shape index (κ3) is 6.21. The Morgan fingerprint density at radius 1 is 1.00 bits per heavy atom. The molecule has 5 heteroatoms. The number of carbonyl (C=O) groups excluding carboxylic acids is 2. The highest BCUT2D eigenvalue weighted by Gasteiger charge is 2.01. The third-order valence-electron chi connectivity index (χ3n) is 0.155. The van der Waals surface area contributed by atoms with Gasteiger partial charge in [-0.05, 0) is 23.2 Å². The van der Waals surface area contributed by atoms with Crippen LogP contribution in [0.5, 0.6) is 0 Å². The molecule has 0 saturated heterocycles. The van der Waals surface area contributed by atoms with Crippen LogP contribution in [0.15, 0.2) is 0 Å². The lowest BCUT2D eigenvalue weighted by molar-refractivity contribution is -0.127. The fourth-order valence-electron chi connectivity index (χ4n) is 0. The van der Waals surface area contributed by atoms with E-state index in [1.54, 1.807) is 0 Å². The summed E-state index contributed by atoms with van der Waals surface area (Å²) < 4.78 is 0. The minimum atomic E-state index is -1.14. The Labute approximate surface area is 56.2 Å². The molecule has 0 unspecified atom stereocenters. The van der Waals surface area contributed by atoms with E-state index in [0.29, 0.717) is 0 Å². The zero-order valence-electron chi connectivity index (χ0n) is 2.98. The fourth-order valence-corrected chi connectivity index (χ4v) is 0. The largest absolute Gasteiger partial charge is 0.304 e. The first-order chi connectivity index (χ1) is 2.64. The smallest absolute Gasteiger partial charge is 0.271 e. The van der Waals surface area contributed by atoms with Gasteiger partial charge in [0.25, 0.3) is 0 Å². The normalized spacial score (nSPS) is 6.57. The number of hydrogen-bond acceptors (Lipinski definition) is 2. The first kappa shape index (κ1) is 10.2. The van der Waals surface area contributed by atoms with Gasteiger partial charge in [0.1, 0.15) is 0 Å². The molecule has 0 aliphatic carbocycles. The number of hydrogen-bond donors (Lipinski definition) is 0. The van der Waals surface area contributed by atoms with Crippen molar-refractivity contribution in [3.63, 3.8) is 0 Å². The van der Waals surface area contributed by atoms with Crippen LogP contribution in [0, 0.1) is 0 Å². The minimum absolute atomic E-state index is 0. The van der Waals surface area contributed by atoms with Gasteiger partial charge in [0.05, 0.1) is 0 Å². The van der Waals surface area contributed by atoms with Gasteiger partial charge in [-0.1, -0.05) is 0 Å². The molecule has 0 aromatic heterocycles. The first-order valence-corrected chi connectivity index (χ1v) is 1.79. The van der Waals surface area contributed by atoms with Gasteiger partial charge in [-0.3, -0.25) is 9.59 Å². The van der Waals surface area contributed by atoms with Crippen molar-refractivity contribution in [1.29, 1.82) is 0 Å². The highest BCUT2D eigenvalue weighted by Crippen LogP contribution is 1.84. The van der Waals surface area contributed by atoms with Crippen molar-refractivity contribution in [3.8, 4) is 0 Å². The Hall–Kier alpha value is 0.210. The molecule has 0 radical (unpaired) electrons. The summed E-state index contributed by atoms with van der Waals surface area (Å²) >= 11 is 8.98. The molecule has 0 aromatic carbocycles. The Balaban J connectivity index is 0. The minimum Gasteiger partial charge on any atom is -0.271 e. The topological polar surface area (TPSA) is 34.1 Å². The van der Waals surface area contributed by atoms with E-state index in [9.17, 15) is 9.59 Å². The van der Waals surface area contributed by atoms with Crippen molar-refractivity contribution in [1.82, 2.24) is 0 Å². The van der Waals surface area contributed by atoms with E-state index < -0.39 is 10.5 Å². The molecule has 2 nitrogen and oxygen atoms in total. The first-order valence-electron chi connectivity index (χ1n) is 1.04. The zero-order valence-corrected chi connectivity index (χ0v) is 5.31. The van der Waals surface area contributed by atoms with Gasteiger partial charge >= 0.3 is 10.5 Å². The van der Waals surface area contributed by atoms with Crippen molar-refractivity contribution in [2.45, 2.75) is 0 Å². The molecule has 0 rings (SSSR count). The molecule has 0 amide bonds. The summed E-state index contributed by atoms with van der Waals surface area (Å²) in [6.07, 6.45) is 0. The summed E-state index contributed by atoms with van der Waals surface area (Å²) in [5.41, 5.74) is 0. The van der Waals surface area contributed by atoms with Crippen molar-refractivity contribution >= 4 is 46.1 Å². The number of halogens is 3. The third-order valence-corrected chi connectivity index (χ3v) is 0.595. The van der Waals surface area contributed by atoms with Crippen LogP contribution in [-0.4, -0.2) is 10.5 Å². The second-order valence-electron chi connectivity index (χ2n) is 0.547. The molecule has 0 N–H and O–H groups in total. The van der Waals surface area contributed by atoms with Crippen LogP contribution in [0.4, 0.5) is 0 Å². The summed E-state index contributed by atoms with van der Waals surface area (Å²) in [4.78, 5) is 18.9. The summed E-state index contributed by atoms with van der Waals surface area (Å²) in [5, 5.41) is -2.28. The number of carbonyl (C=O) groups is 2. The Morgan fingerprint density at radius 2 is 1.14 bits per heavy atom. The van der Waals surface area contributed by atoms with Crippen LogP contribution in [0.2, 0.25) is 0 Å². The maximum atomic E-state index is 9.43. The van der Waals surface area contributed by atoms with Crippen molar-refractivity contribution in [3.05, 3.63) is 0 Å². The van der Waals surface area contributed by atoms with Gasteiger partial charge < -0.3 is 0 Å². The van der Waals surface area contributed by atoms with Crippen LogP contribution in [0.3, 0.4) is 0 Å². The van der Waals surface area contributed by atoms with E-state index in [0.717, 1.165) is 0 Å². The molecular weight excluding hydrogens is 162 g/mol. The van der Waals surface area contributed by atoms with Gasteiger partial charge in [-0.25, -0.2) is 0 Å². The molecule has 0 aliphatic heterocycles. The molecule has 0 atom stereocenters. The van der Waals surface area contributed by atoms with Crippen LogP contribution >= 0.6 is 35.6 Å². The average Bonchev–Trinajstić information content (AvgIpc) is 1.36.